The first kappa shape index (κ1) is 24.9. The monoisotopic (exact) mass is 528 g/mol. The summed E-state index contributed by atoms with van der Waals surface area (Å²) in [7, 11) is 0. The molecule has 0 spiro atoms. The van der Waals surface area contributed by atoms with E-state index in [9.17, 15) is 14.7 Å². The van der Waals surface area contributed by atoms with Crippen LogP contribution in [0, 0.1) is 6.92 Å². The van der Waals surface area contributed by atoms with Crippen LogP contribution in [-0.4, -0.2) is 36.2 Å². The number of aryl methyl sites for hydroxylation is 1. The van der Waals surface area contributed by atoms with Gasteiger partial charge in [-0.1, -0.05) is 90.7 Å². The topological polar surface area (TPSA) is 86.9 Å². The van der Waals surface area contributed by atoms with E-state index in [0.717, 1.165) is 28.5 Å². The molecule has 1 amide bonds. The lowest BCUT2D eigenvalue weighted by Crippen LogP contribution is -2.27. The van der Waals surface area contributed by atoms with Crippen molar-refractivity contribution in [1.29, 1.82) is 0 Å². The van der Waals surface area contributed by atoms with E-state index in [2.05, 4.69) is 5.32 Å². The molecule has 2 aromatic carbocycles. The minimum absolute atomic E-state index is 0.133. The number of benzene rings is 2. The maximum Gasteiger partial charge on any atom is 0.267 e. The smallest absolute Gasteiger partial charge is 0.267 e. The van der Waals surface area contributed by atoms with Gasteiger partial charge in [0.15, 0.2) is 0 Å². The summed E-state index contributed by atoms with van der Waals surface area (Å²) in [5.41, 5.74) is 2.93. The largest absolute Gasteiger partial charge is 0.387 e. The molecule has 2 aromatic heterocycles. The van der Waals surface area contributed by atoms with Crippen LogP contribution in [0.2, 0.25) is 0 Å². The first-order valence-corrected chi connectivity index (χ1v) is 12.9. The summed E-state index contributed by atoms with van der Waals surface area (Å²) in [6.07, 6.45) is 2.39. The number of nitrogens with zero attached hydrogens (tertiary/aromatic N) is 3. The van der Waals surface area contributed by atoms with Crippen LogP contribution in [0.15, 0.2) is 88.7 Å². The average molecular weight is 529 g/mol. The minimum Gasteiger partial charge on any atom is -0.387 e. The van der Waals surface area contributed by atoms with Crippen LogP contribution in [0.25, 0.3) is 11.7 Å². The highest BCUT2D eigenvalue weighted by Crippen LogP contribution is 2.34. The standard InChI is InChI=1S/C28H24N4O3S2/c1-18-9-8-14-31-25(18)30-24(29-16-22(33)20-12-6-3-7-13-20)21(26(31)34)15-23-27(35)32(28(36)37-23)17-19-10-4-2-5-11-19/h2-15,22,29,33H,16-17H2,1H3/b23-15-/t22-/m1/s1. The molecule has 0 saturated carbocycles. The average Bonchev–Trinajstić information content (AvgIpc) is 3.18. The summed E-state index contributed by atoms with van der Waals surface area (Å²) >= 11 is 6.65. The number of pyridine rings is 1. The number of carbonyl (C=O) groups excluding carboxylic acids is 1. The van der Waals surface area contributed by atoms with Crippen molar-refractivity contribution < 1.29 is 9.90 Å². The third-order valence-electron chi connectivity index (χ3n) is 6.06. The Hall–Kier alpha value is -3.79. The molecule has 3 heterocycles. The third kappa shape index (κ3) is 5.20. The van der Waals surface area contributed by atoms with E-state index in [1.807, 2.05) is 73.7 Å². The van der Waals surface area contributed by atoms with E-state index in [1.165, 1.54) is 9.30 Å². The fourth-order valence-corrected chi connectivity index (χ4v) is 5.33. The Kier molecular flexibility index (Phi) is 7.18. The van der Waals surface area contributed by atoms with Crippen molar-refractivity contribution >= 4 is 51.7 Å². The number of aromatic nitrogens is 2. The predicted octanol–water partition coefficient (Wildman–Crippen LogP) is 4.55. The van der Waals surface area contributed by atoms with E-state index >= 15 is 0 Å². The van der Waals surface area contributed by atoms with Crippen LogP contribution >= 0.6 is 24.0 Å². The van der Waals surface area contributed by atoms with Crippen LogP contribution in [0.4, 0.5) is 5.82 Å². The van der Waals surface area contributed by atoms with Crippen LogP contribution in [-0.2, 0) is 11.3 Å². The molecule has 1 fully saturated rings. The van der Waals surface area contributed by atoms with Crippen molar-refractivity contribution in [3.05, 3.63) is 117 Å². The van der Waals surface area contributed by atoms with Gasteiger partial charge in [-0.3, -0.25) is 18.9 Å². The molecule has 186 valence electrons. The normalized spacial score (nSPS) is 15.5. The van der Waals surface area contributed by atoms with Crippen LogP contribution < -0.4 is 10.9 Å². The molecule has 37 heavy (non-hydrogen) atoms. The molecular weight excluding hydrogens is 504 g/mol. The zero-order valence-corrected chi connectivity index (χ0v) is 21.6. The Balaban J connectivity index is 1.51. The number of anilines is 1. The lowest BCUT2D eigenvalue weighted by molar-refractivity contribution is -0.122. The maximum absolute atomic E-state index is 13.6. The summed E-state index contributed by atoms with van der Waals surface area (Å²) in [6.45, 7) is 2.36. The molecule has 0 aliphatic carbocycles. The SMILES string of the molecule is Cc1cccn2c(=O)c(/C=C3\SC(=S)N(Cc4ccccc4)C3=O)c(NC[C@@H](O)c3ccccc3)nc12. The summed E-state index contributed by atoms with van der Waals surface area (Å²) in [5, 5.41) is 13.8. The number of thiocarbonyl (C=S) groups is 1. The van der Waals surface area contributed by atoms with Crippen LogP contribution in [0.3, 0.4) is 0 Å². The number of carbonyl (C=O) groups is 1. The van der Waals surface area contributed by atoms with Crippen LogP contribution in [0.5, 0.6) is 0 Å². The van der Waals surface area contributed by atoms with E-state index in [-0.39, 0.29) is 23.6 Å². The Bertz CT molecular complexity index is 1570. The number of aliphatic hydroxyl groups is 1. The molecule has 1 saturated heterocycles. The number of amides is 1. The maximum atomic E-state index is 13.6. The summed E-state index contributed by atoms with van der Waals surface area (Å²) < 4.78 is 1.89. The van der Waals surface area contributed by atoms with Crippen molar-refractivity contribution in [3.8, 4) is 0 Å². The van der Waals surface area contributed by atoms with Gasteiger partial charge in [-0.05, 0) is 35.8 Å². The Morgan fingerprint density at radius 1 is 1.05 bits per heavy atom. The molecule has 0 bridgehead atoms. The zero-order valence-electron chi connectivity index (χ0n) is 20.0. The number of thioether (sulfide) groups is 1. The summed E-state index contributed by atoms with van der Waals surface area (Å²) in [6, 6.07) is 22.5. The quantitative estimate of drug-likeness (QED) is 0.269. The Morgan fingerprint density at radius 3 is 2.49 bits per heavy atom. The fraction of sp³-hybridized carbons (Fsp3) is 0.143. The van der Waals surface area contributed by atoms with Crippen molar-refractivity contribution in [2.75, 3.05) is 11.9 Å². The Morgan fingerprint density at radius 2 is 1.76 bits per heavy atom. The highest BCUT2D eigenvalue weighted by molar-refractivity contribution is 8.26. The molecule has 4 aromatic rings. The first-order valence-electron chi connectivity index (χ1n) is 11.7. The zero-order chi connectivity index (χ0) is 25.9. The second kappa shape index (κ2) is 10.7. The summed E-state index contributed by atoms with van der Waals surface area (Å²) in [4.78, 5) is 33.4. The van der Waals surface area contributed by atoms with E-state index < -0.39 is 6.10 Å². The van der Waals surface area contributed by atoms with Crippen LogP contribution in [0.1, 0.15) is 28.4 Å². The third-order valence-corrected chi connectivity index (χ3v) is 7.44. The second-order valence-corrected chi connectivity index (χ2v) is 10.3. The molecule has 7 nitrogen and oxygen atoms in total. The number of nitrogens with one attached hydrogen (secondary N) is 1. The van der Waals surface area contributed by atoms with E-state index in [0.29, 0.717) is 27.2 Å². The number of hydrogen-bond donors (Lipinski definition) is 2. The molecule has 1 atom stereocenters. The van der Waals surface area contributed by atoms with E-state index in [1.54, 1.807) is 18.3 Å². The summed E-state index contributed by atoms with van der Waals surface area (Å²) in [5.74, 6) is 0.0328. The molecule has 9 heteroatoms. The Labute approximate surface area is 223 Å². The second-order valence-electron chi connectivity index (χ2n) is 8.62. The lowest BCUT2D eigenvalue weighted by Gasteiger charge is -2.16. The van der Waals surface area contributed by atoms with Gasteiger partial charge in [0.05, 0.1) is 23.1 Å². The number of aliphatic hydroxyl groups excluding tert-OH is 1. The highest BCUT2D eigenvalue weighted by Gasteiger charge is 2.32. The fourth-order valence-electron chi connectivity index (χ4n) is 4.10. The van der Waals surface area contributed by atoms with Crippen molar-refractivity contribution in [1.82, 2.24) is 14.3 Å². The molecule has 5 rings (SSSR count). The van der Waals surface area contributed by atoms with Gasteiger partial charge in [-0.15, -0.1) is 0 Å². The molecule has 2 N–H and O–H groups in total. The molecule has 0 radical (unpaired) electrons. The number of fused-ring (bicyclic) bond motifs is 1. The first-order chi connectivity index (χ1) is 17.9. The number of hydrogen-bond acceptors (Lipinski definition) is 7. The van der Waals surface area contributed by atoms with Gasteiger partial charge in [0.1, 0.15) is 15.8 Å². The van der Waals surface area contributed by atoms with Gasteiger partial charge >= 0.3 is 0 Å². The molecular formula is C28H24N4O3S2. The lowest BCUT2D eigenvalue weighted by atomic mass is 10.1. The van der Waals surface area contributed by atoms with Gasteiger partial charge in [0, 0.05) is 12.7 Å². The number of rotatable bonds is 7. The van der Waals surface area contributed by atoms with Gasteiger partial charge in [0.2, 0.25) is 0 Å². The van der Waals surface area contributed by atoms with Gasteiger partial charge < -0.3 is 10.4 Å². The highest BCUT2D eigenvalue weighted by atomic mass is 32.2. The van der Waals surface area contributed by atoms with Crippen molar-refractivity contribution in [2.45, 2.75) is 19.6 Å². The predicted molar refractivity (Wildman–Crippen MR) is 151 cm³/mol. The van der Waals surface area contributed by atoms with Gasteiger partial charge in [0.25, 0.3) is 11.5 Å². The van der Waals surface area contributed by atoms with Crippen molar-refractivity contribution in [2.24, 2.45) is 0 Å². The molecule has 0 unspecified atom stereocenters. The van der Waals surface area contributed by atoms with Crippen molar-refractivity contribution in [3.63, 3.8) is 0 Å². The minimum atomic E-state index is -0.810. The van der Waals surface area contributed by atoms with E-state index in [4.69, 9.17) is 17.2 Å². The van der Waals surface area contributed by atoms with Gasteiger partial charge in [-0.25, -0.2) is 4.98 Å². The molecule has 1 aliphatic rings. The molecule has 1 aliphatic heterocycles. The van der Waals surface area contributed by atoms with Gasteiger partial charge in [-0.2, -0.15) is 0 Å².